The monoisotopic (exact) mass is 370 g/mol. The van der Waals surface area contributed by atoms with Crippen molar-refractivity contribution in [2.45, 2.75) is 25.9 Å². The Bertz CT molecular complexity index is 891. The summed E-state index contributed by atoms with van der Waals surface area (Å²) in [5.74, 6) is 2.80. The van der Waals surface area contributed by atoms with E-state index in [9.17, 15) is 0 Å². The lowest BCUT2D eigenvalue weighted by Crippen LogP contribution is -2.38. The van der Waals surface area contributed by atoms with Crippen LogP contribution in [0.4, 0.5) is 5.82 Å². The number of hydrogen-bond donors (Lipinski definition) is 0. The van der Waals surface area contributed by atoms with Crippen LogP contribution in [-0.4, -0.2) is 34.3 Å². The Morgan fingerprint density at radius 2 is 2.00 bits per heavy atom. The number of halogens is 1. The molecule has 4 rings (SSSR count). The summed E-state index contributed by atoms with van der Waals surface area (Å²) >= 11 is 6.18. The van der Waals surface area contributed by atoms with Gasteiger partial charge in [0.15, 0.2) is 5.82 Å². The highest BCUT2D eigenvalue weighted by atomic mass is 35.5. The van der Waals surface area contributed by atoms with Crippen LogP contribution in [0.15, 0.2) is 47.1 Å². The highest BCUT2D eigenvalue weighted by Crippen LogP contribution is 2.28. The Balaban J connectivity index is 1.41. The van der Waals surface area contributed by atoms with Gasteiger partial charge in [-0.3, -0.25) is 0 Å². The zero-order chi connectivity index (χ0) is 17.9. The third-order valence-corrected chi connectivity index (χ3v) is 4.73. The molecule has 1 fully saturated rings. The normalized spacial score (nSPS) is 15.2. The van der Waals surface area contributed by atoms with Gasteiger partial charge in [0.1, 0.15) is 17.7 Å². The van der Waals surface area contributed by atoms with Gasteiger partial charge in [-0.1, -0.05) is 28.9 Å². The average Bonchev–Trinajstić information content (AvgIpc) is 3.11. The molecular weight excluding hydrogens is 352 g/mol. The molecule has 6 nitrogen and oxygen atoms in total. The van der Waals surface area contributed by atoms with Crippen LogP contribution in [-0.2, 0) is 0 Å². The molecule has 1 saturated heterocycles. The molecule has 134 valence electrons. The first-order valence-electron chi connectivity index (χ1n) is 8.62. The quantitative estimate of drug-likeness (QED) is 0.687. The second kappa shape index (κ2) is 7.33. The van der Waals surface area contributed by atoms with E-state index in [0.717, 1.165) is 43.1 Å². The first kappa shape index (κ1) is 16.8. The Labute approximate surface area is 156 Å². The van der Waals surface area contributed by atoms with E-state index in [1.807, 2.05) is 36.4 Å². The van der Waals surface area contributed by atoms with Crippen molar-refractivity contribution < 1.29 is 9.26 Å². The van der Waals surface area contributed by atoms with Crippen molar-refractivity contribution in [2.75, 3.05) is 18.0 Å². The van der Waals surface area contributed by atoms with E-state index in [2.05, 4.69) is 20.0 Å². The first-order chi connectivity index (χ1) is 12.7. The fourth-order valence-corrected chi connectivity index (χ4v) is 3.24. The summed E-state index contributed by atoms with van der Waals surface area (Å²) in [4.78, 5) is 11.0. The SMILES string of the molecule is Cc1noc(-c2ccnc(N3CCC(Oc4ccccc4Cl)CC3)c2)n1. The predicted molar refractivity (Wildman–Crippen MR) is 99.6 cm³/mol. The van der Waals surface area contributed by atoms with Crippen LogP contribution in [0.3, 0.4) is 0 Å². The van der Waals surface area contributed by atoms with Crippen molar-refractivity contribution in [3.05, 3.63) is 53.4 Å². The molecule has 0 aliphatic carbocycles. The number of aromatic nitrogens is 3. The van der Waals surface area contributed by atoms with Crippen molar-refractivity contribution in [1.82, 2.24) is 15.1 Å². The Morgan fingerprint density at radius 3 is 2.73 bits per heavy atom. The van der Waals surface area contributed by atoms with Gasteiger partial charge in [-0.15, -0.1) is 0 Å². The number of nitrogens with zero attached hydrogens (tertiary/aromatic N) is 4. The highest BCUT2D eigenvalue weighted by molar-refractivity contribution is 6.32. The van der Waals surface area contributed by atoms with E-state index in [1.165, 1.54) is 0 Å². The van der Waals surface area contributed by atoms with Crippen LogP contribution in [0.2, 0.25) is 5.02 Å². The Hall–Kier alpha value is -2.60. The van der Waals surface area contributed by atoms with Crippen LogP contribution < -0.4 is 9.64 Å². The minimum Gasteiger partial charge on any atom is -0.489 e. The molecule has 0 radical (unpaired) electrons. The number of pyridine rings is 1. The Kier molecular flexibility index (Phi) is 4.75. The van der Waals surface area contributed by atoms with Gasteiger partial charge in [0.25, 0.3) is 5.89 Å². The Morgan fingerprint density at radius 1 is 1.19 bits per heavy atom. The average molecular weight is 371 g/mol. The van der Waals surface area contributed by atoms with Crippen molar-refractivity contribution in [3.8, 4) is 17.2 Å². The fourth-order valence-electron chi connectivity index (χ4n) is 3.06. The number of para-hydroxylation sites is 1. The van der Waals surface area contributed by atoms with Gasteiger partial charge >= 0.3 is 0 Å². The number of aryl methyl sites for hydroxylation is 1. The van der Waals surface area contributed by atoms with E-state index in [0.29, 0.717) is 16.7 Å². The van der Waals surface area contributed by atoms with Gasteiger partial charge in [-0.2, -0.15) is 4.98 Å². The van der Waals surface area contributed by atoms with Crippen LogP contribution >= 0.6 is 11.6 Å². The van der Waals surface area contributed by atoms with Crippen molar-refractivity contribution in [2.24, 2.45) is 0 Å². The molecule has 0 bridgehead atoms. The maximum absolute atomic E-state index is 6.18. The van der Waals surface area contributed by atoms with Crippen LogP contribution in [0, 0.1) is 6.92 Å². The molecule has 0 saturated carbocycles. The van der Waals surface area contributed by atoms with Gasteiger partial charge < -0.3 is 14.2 Å². The van der Waals surface area contributed by atoms with Crippen molar-refractivity contribution >= 4 is 17.4 Å². The van der Waals surface area contributed by atoms with E-state index < -0.39 is 0 Å². The molecule has 7 heteroatoms. The molecule has 0 unspecified atom stereocenters. The standard InChI is InChI=1S/C19H19ClN4O2/c1-13-22-19(26-23-13)14-6-9-21-18(12-14)24-10-7-15(8-11-24)25-17-5-3-2-4-16(17)20/h2-6,9,12,15H,7-8,10-11H2,1H3. The summed E-state index contributed by atoms with van der Waals surface area (Å²) in [5, 5.41) is 4.50. The number of piperidine rings is 1. The lowest BCUT2D eigenvalue weighted by atomic mass is 10.1. The lowest BCUT2D eigenvalue weighted by Gasteiger charge is -2.33. The van der Waals surface area contributed by atoms with Crippen LogP contribution in [0.25, 0.3) is 11.5 Å². The van der Waals surface area contributed by atoms with Crippen molar-refractivity contribution in [1.29, 1.82) is 0 Å². The molecule has 26 heavy (non-hydrogen) atoms. The molecule has 1 aromatic carbocycles. The largest absolute Gasteiger partial charge is 0.489 e. The van der Waals surface area contributed by atoms with Gasteiger partial charge in [-0.25, -0.2) is 4.98 Å². The summed E-state index contributed by atoms with van der Waals surface area (Å²) in [6, 6.07) is 11.5. The van der Waals surface area contributed by atoms with Gasteiger partial charge in [0, 0.05) is 37.7 Å². The molecule has 3 aromatic rings. The molecule has 0 spiro atoms. The first-order valence-corrected chi connectivity index (χ1v) is 9.00. The van der Waals surface area contributed by atoms with E-state index >= 15 is 0 Å². The number of rotatable bonds is 4. The number of benzene rings is 1. The zero-order valence-corrected chi connectivity index (χ0v) is 15.2. The predicted octanol–water partition coefficient (Wildman–Crippen LogP) is 4.14. The maximum Gasteiger partial charge on any atom is 0.258 e. The number of ether oxygens (including phenoxy) is 1. The molecule has 2 aromatic heterocycles. The van der Waals surface area contributed by atoms with Crippen LogP contribution in [0.5, 0.6) is 5.75 Å². The fraction of sp³-hybridized carbons (Fsp3) is 0.316. The summed E-state index contributed by atoms with van der Waals surface area (Å²) in [7, 11) is 0. The van der Waals surface area contributed by atoms with E-state index in [1.54, 1.807) is 13.1 Å². The second-order valence-electron chi connectivity index (χ2n) is 6.28. The lowest BCUT2D eigenvalue weighted by molar-refractivity contribution is 0.171. The summed E-state index contributed by atoms with van der Waals surface area (Å²) in [6.45, 7) is 3.54. The molecule has 0 amide bonds. The van der Waals surface area contributed by atoms with Gasteiger partial charge in [-0.05, 0) is 31.2 Å². The molecule has 0 N–H and O–H groups in total. The number of anilines is 1. The van der Waals surface area contributed by atoms with E-state index in [4.69, 9.17) is 20.9 Å². The van der Waals surface area contributed by atoms with Gasteiger partial charge in [0.2, 0.25) is 0 Å². The molecule has 0 atom stereocenters. The minimum absolute atomic E-state index is 0.160. The summed E-state index contributed by atoms with van der Waals surface area (Å²) in [6.07, 6.45) is 3.76. The van der Waals surface area contributed by atoms with Gasteiger partial charge in [0.05, 0.1) is 5.02 Å². The molecule has 3 heterocycles. The maximum atomic E-state index is 6.18. The minimum atomic E-state index is 0.160. The second-order valence-corrected chi connectivity index (χ2v) is 6.69. The van der Waals surface area contributed by atoms with Crippen molar-refractivity contribution in [3.63, 3.8) is 0 Å². The summed E-state index contributed by atoms with van der Waals surface area (Å²) < 4.78 is 11.3. The molecule has 1 aliphatic heterocycles. The highest BCUT2D eigenvalue weighted by Gasteiger charge is 2.22. The van der Waals surface area contributed by atoms with E-state index in [-0.39, 0.29) is 6.10 Å². The smallest absolute Gasteiger partial charge is 0.258 e. The summed E-state index contributed by atoms with van der Waals surface area (Å²) in [5.41, 5.74) is 0.880. The van der Waals surface area contributed by atoms with Crippen LogP contribution in [0.1, 0.15) is 18.7 Å². The number of hydrogen-bond acceptors (Lipinski definition) is 6. The third-order valence-electron chi connectivity index (χ3n) is 4.42. The topological polar surface area (TPSA) is 64.3 Å². The zero-order valence-electron chi connectivity index (χ0n) is 14.4. The molecule has 1 aliphatic rings. The molecular formula is C19H19ClN4O2. The third kappa shape index (κ3) is 3.65.